The minimum atomic E-state index is -0.615. The number of rotatable bonds is 7. The van der Waals surface area contributed by atoms with Gasteiger partial charge in [-0.3, -0.25) is 4.79 Å². The number of carbonyl (C=O) groups is 1. The number of ether oxygens (including phenoxy) is 1. The summed E-state index contributed by atoms with van der Waals surface area (Å²) in [6.07, 6.45) is 1.87. The zero-order valence-electron chi connectivity index (χ0n) is 10.5. The monoisotopic (exact) mass is 273 g/mol. The molecule has 1 rings (SSSR count). The van der Waals surface area contributed by atoms with Crippen molar-refractivity contribution in [3.05, 3.63) is 35.9 Å². The van der Waals surface area contributed by atoms with E-state index in [4.69, 9.17) is 5.11 Å². The topological polar surface area (TPSA) is 58.6 Å². The Kier molecular flexibility index (Phi) is 9.28. The summed E-state index contributed by atoms with van der Waals surface area (Å²) in [7, 11) is 1.32. The number of carbonyl (C=O) groups excluding carboxylic acids is 1. The number of esters is 1. The number of halogens is 1. The molecule has 5 heteroatoms. The van der Waals surface area contributed by atoms with Crippen molar-refractivity contribution in [3.63, 3.8) is 0 Å². The van der Waals surface area contributed by atoms with Gasteiger partial charge in [0, 0.05) is 0 Å². The van der Waals surface area contributed by atoms with E-state index in [0.29, 0.717) is 6.54 Å². The molecule has 4 nitrogen and oxygen atoms in total. The number of aliphatic hydroxyl groups is 1. The molecular formula is C13H20ClNO3. The lowest BCUT2D eigenvalue weighted by molar-refractivity contribution is -0.144. The second-order valence-corrected chi connectivity index (χ2v) is 3.80. The van der Waals surface area contributed by atoms with E-state index >= 15 is 0 Å². The number of nitrogens with one attached hydrogen (secondary N) is 1. The van der Waals surface area contributed by atoms with Gasteiger partial charge in [-0.1, -0.05) is 30.3 Å². The Balaban J connectivity index is 0.00000289. The number of aliphatic hydroxyl groups excluding tert-OH is 1. The summed E-state index contributed by atoms with van der Waals surface area (Å²) in [5.74, 6) is -0.424. The Hall–Kier alpha value is -1.10. The number of methoxy groups -OCH3 is 1. The molecule has 0 fully saturated rings. The highest BCUT2D eigenvalue weighted by atomic mass is 35.5. The highest BCUT2D eigenvalue weighted by Gasteiger charge is 2.16. The third-order valence-corrected chi connectivity index (χ3v) is 2.54. The summed E-state index contributed by atoms with van der Waals surface area (Å²) in [6.45, 7) is 0.438. The molecule has 1 atom stereocenters. The molecule has 0 aliphatic carbocycles. The fourth-order valence-electron chi connectivity index (χ4n) is 1.58. The van der Waals surface area contributed by atoms with E-state index in [1.165, 1.54) is 12.7 Å². The second-order valence-electron chi connectivity index (χ2n) is 3.80. The van der Waals surface area contributed by atoms with Crippen molar-refractivity contribution < 1.29 is 14.6 Å². The molecule has 0 heterocycles. The zero-order valence-corrected chi connectivity index (χ0v) is 11.3. The van der Waals surface area contributed by atoms with Crippen LogP contribution in [0.2, 0.25) is 0 Å². The Bertz CT molecular complexity index is 332. The number of benzene rings is 1. The third-order valence-electron chi connectivity index (χ3n) is 2.54. The van der Waals surface area contributed by atoms with Gasteiger partial charge in [-0.05, 0) is 24.9 Å². The van der Waals surface area contributed by atoms with Crippen LogP contribution >= 0.6 is 12.4 Å². The fraction of sp³-hybridized carbons (Fsp3) is 0.462. The van der Waals surface area contributed by atoms with E-state index in [0.717, 1.165) is 12.8 Å². The predicted molar refractivity (Wildman–Crippen MR) is 72.9 cm³/mol. The fourth-order valence-corrected chi connectivity index (χ4v) is 1.58. The van der Waals surface area contributed by atoms with Crippen LogP contribution in [-0.4, -0.2) is 37.4 Å². The average molecular weight is 274 g/mol. The lowest BCUT2D eigenvalue weighted by atomic mass is 10.1. The van der Waals surface area contributed by atoms with Crippen LogP contribution in [0.5, 0.6) is 0 Å². The number of aryl methyl sites for hydroxylation is 1. The van der Waals surface area contributed by atoms with Gasteiger partial charge in [-0.25, -0.2) is 0 Å². The maximum Gasteiger partial charge on any atom is 0.325 e. The van der Waals surface area contributed by atoms with Crippen molar-refractivity contribution in [2.45, 2.75) is 18.9 Å². The molecule has 0 bridgehead atoms. The van der Waals surface area contributed by atoms with Crippen LogP contribution in [0.15, 0.2) is 30.3 Å². The minimum absolute atomic E-state index is 0. The Morgan fingerprint density at radius 3 is 2.61 bits per heavy atom. The quantitative estimate of drug-likeness (QED) is 0.578. The Morgan fingerprint density at radius 1 is 1.39 bits per heavy atom. The maximum absolute atomic E-state index is 11.2. The highest BCUT2D eigenvalue weighted by Crippen LogP contribution is 2.01. The van der Waals surface area contributed by atoms with Gasteiger partial charge in [0.2, 0.25) is 0 Å². The summed E-state index contributed by atoms with van der Waals surface area (Å²) in [5.41, 5.74) is 1.27. The van der Waals surface area contributed by atoms with Crippen LogP contribution < -0.4 is 5.32 Å². The van der Waals surface area contributed by atoms with Crippen molar-refractivity contribution in [2.75, 3.05) is 20.3 Å². The van der Waals surface area contributed by atoms with Gasteiger partial charge in [0.15, 0.2) is 0 Å². The molecule has 0 aliphatic heterocycles. The summed E-state index contributed by atoms with van der Waals surface area (Å²) in [4.78, 5) is 11.2. The molecule has 0 saturated carbocycles. The van der Waals surface area contributed by atoms with Crippen LogP contribution in [0, 0.1) is 0 Å². The van der Waals surface area contributed by atoms with Crippen molar-refractivity contribution in [1.29, 1.82) is 0 Å². The average Bonchev–Trinajstić information content (AvgIpc) is 2.39. The van der Waals surface area contributed by atoms with Gasteiger partial charge in [0.1, 0.15) is 6.04 Å². The number of hydrogen-bond donors (Lipinski definition) is 2. The van der Waals surface area contributed by atoms with E-state index in [-0.39, 0.29) is 19.0 Å². The van der Waals surface area contributed by atoms with Gasteiger partial charge < -0.3 is 15.2 Å². The molecule has 18 heavy (non-hydrogen) atoms. The summed E-state index contributed by atoms with van der Waals surface area (Å²) in [5, 5.41) is 11.9. The van der Waals surface area contributed by atoms with Gasteiger partial charge in [0.25, 0.3) is 0 Å². The van der Waals surface area contributed by atoms with Crippen molar-refractivity contribution in [1.82, 2.24) is 5.32 Å². The van der Waals surface area contributed by atoms with Gasteiger partial charge >= 0.3 is 5.97 Å². The molecule has 0 radical (unpaired) electrons. The van der Waals surface area contributed by atoms with E-state index < -0.39 is 12.0 Å². The van der Waals surface area contributed by atoms with Crippen molar-refractivity contribution >= 4 is 18.4 Å². The molecule has 0 spiro atoms. The second kappa shape index (κ2) is 9.88. The summed E-state index contributed by atoms with van der Waals surface area (Å²) in [6, 6.07) is 9.53. The Morgan fingerprint density at radius 2 is 2.06 bits per heavy atom. The first-order chi connectivity index (χ1) is 8.27. The largest absolute Gasteiger partial charge is 0.468 e. The molecule has 1 aromatic rings. The van der Waals surface area contributed by atoms with Crippen molar-refractivity contribution in [3.8, 4) is 0 Å². The summed E-state index contributed by atoms with van der Waals surface area (Å²) >= 11 is 0. The molecular weight excluding hydrogens is 254 g/mol. The van der Waals surface area contributed by atoms with Crippen molar-refractivity contribution in [2.24, 2.45) is 0 Å². The van der Waals surface area contributed by atoms with Crippen LogP contribution in [0.1, 0.15) is 12.0 Å². The van der Waals surface area contributed by atoms with Gasteiger partial charge in [-0.2, -0.15) is 0 Å². The van der Waals surface area contributed by atoms with Gasteiger partial charge in [-0.15, -0.1) is 12.4 Å². The molecule has 0 aromatic heterocycles. The Labute approximate surface area is 114 Å². The van der Waals surface area contributed by atoms with Crippen LogP contribution in [0.25, 0.3) is 0 Å². The first-order valence-electron chi connectivity index (χ1n) is 5.74. The summed E-state index contributed by atoms with van der Waals surface area (Å²) < 4.78 is 4.56. The molecule has 2 N–H and O–H groups in total. The van der Waals surface area contributed by atoms with Gasteiger partial charge in [0.05, 0.1) is 13.7 Å². The lowest BCUT2D eigenvalue weighted by Gasteiger charge is -2.13. The van der Waals surface area contributed by atoms with E-state index in [9.17, 15) is 4.79 Å². The smallest absolute Gasteiger partial charge is 0.325 e. The first-order valence-corrected chi connectivity index (χ1v) is 5.74. The highest BCUT2D eigenvalue weighted by molar-refractivity contribution is 5.85. The molecule has 1 aromatic carbocycles. The SMILES string of the molecule is COC(=O)[C@H](CO)NCCCc1ccccc1.Cl. The maximum atomic E-state index is 11.2. The van der Waals surface area contributed by atoms with E-state index in [1.807, 2.05) is 18.2 Å². The predicted octanol–water partition coefficient (Wildman–Crippen LogP) is 1.16. The molecule has 0 aliphatic rings. The molecule has 0 saturated heterocycles. The van der Waals surface area contributed by atoms with E-state index in [1.54, 1.807) is 0 Å². The third kappa shape index (κ3) is 6.00. The lowest BCUT2D eigenvalue weighted by Crippen LogP contribution is -2.41. The molecule has 0 unspecified atom stereocenters. The normalized spacial score (nSPS) is 11.4. The van der Waals surface area contributed by atoms with Crippen LogP contribution in [0.3, 0.4) is 0 Å². The standard InChI is InChI=1S/C13H19NO3.ClH/c1-17-13(16)12(10-15)14-9-5-8-11-6-3-2-4-7-11;/h2-4,6-7,12,14-15H,5,8-10H2,1H3;1H/t12-;/m0./s1. The zero-order chi connectivity index (χ0) is 12.5. The molecule has 0 amide bonds. The minimum Gasteiger partial charge on any atom is -0.468 e. The number of hydrogen-bond acceptors (Lipinski definition) is 4. The van der Waals surface area contributed by atoms with E-state index in [2.05, 4.69) is 22.2 Å². The first kappa shape index (κ1) is 16.9. The van der Waals surface area contributed by atoms with Crippen LogP contribution in [0.4, 0.5) is 0 Å². The molecule has 102 valence electrons. The van der Waals surface area contributed by atoms with Crippen LogP contribution in [-0.2, 0) is 16.0 Å².